The number of likely N-dealkylation sites (tertiary alicyclic amines) is 1. The molecule has 3 N–H and O–H groups in total. The van der Waals surface area contributed by atoms with Gasteiger partial charge in [0.15, 0.2) is 0 Å². The average Bonchev–Trinajstić information content (AvgIpc) is 3.12. The van der Waals surface area contributed by atoms with Crippen molar-refractivity contribution in [2.24, 2.45) is 17.1 Å². The largest absolute Gasteiger partial charge is 0.353 e. The van der Waals surface area contributed by atoms with Crippen LogP contribution in [0.1, 0.15) is 57.4 Å². The van der Waals surface area contributed by atoms with Crippen LogP contribution in [0.3, 0.4) is 0 Å². The van der Waals surface area contributed by atoms with Crippen LogP contribution in [-0.4, -0.2) is 36.5 Å². The molecule has 1 amide bonds. The van der Waals surface area contributed by atoms with Gasteiger partial charge in [-0.2, -0.15) is 0 Å². The molecular weight excluding hydrogens is 358 g/mol. The number of hydrogen-bond acceptors (Lipinski definition) is 3. The highest BCUT2D eigenvalue weighted by atomic mass is 35.5. The lowest BCUT2D eigenvalue weighted by molar-refractivity contribution is -0.124. The van der Waals surface area contributed by atoms with Gasteiger partial charge in [0.05, 0.1) is 0 Å². The van der Waals surface area contributed by atoms with Crippen LogP contribution < -0.4 is 11.1 Å². The minimum atomic E-state index is 0. The first-order chi connectivity index (χ1) is 12.6. The number of carbonyl (C=O) groups is 1. The maximum atomic E-state index is 12.6. The van der Waals surface area contributed by atoms with E-state index >= 15 is 0 Å². The molecule has 2 aliphatic rings. The lowest BCUT2D eigenvalue weighted by Crippen LogP contribution is -2.43. The predicted molar refractivity (Wildman–Crippen MR) is 114 cm³/mol. The topological polar surface area (TPSA) is 58.4 Å². The highest BCUT2D eigenvalue weighted by Gasteiger charge is 2.34. The molecule has 1 aliphatic carbocycles. The van der Waals surface area contributed by atoms with Crippen molar-refractivity contribution < 1.29 is 4.79 Å². The zero-order valence-corrected chi connectivity index (χ0v) is 17.5. The first-order valence-electron chi connectivity index (χ1n) is 10.4. The summed E-state index contributed by atoms with van der Waals surface area (Å²) in [5.74, 6) is 0.745. The van der Waals surface area contributed by atoms with Gasteiger partial charge in [-0.25, -0.2) is 0 Å². The summed E-state index contributed by atoms with van der Waals surface area (Å²) in [5, 5.41) is 3.29. The molecule has 3 rings (SSSR count). The molecule has 1 saturated carbocycles. The van der Waals surface area contributed by atoms with Gasteiger partial charge < -0.3 is 11.1 Å². The quantitative estimate of drug-likeness (QED) is 0.741. The van der Waals surface area contributed by atoms with Gasteiger partial charge in [0.1, 0.15) is 0 Å². The number of nitrogens with zero attached hydrogens (tertiary/aromatic N) is 1. The Morgan fingerprint density at radius 1 is 1.26 bits per heavy atom. The zero-order valence-electron chi connectivity index (χ0n) is 16.7. The van der Waals surface area contributed by atoms with E-state index in [1.54, 1.807) is 0 Å². The number of amides is 1. The smallest absolute Gasteiger partial charge is 0.220 e. The molecule has 0 aromatic heterocycles. The second kappa shape index (κ2) is 10.4. The molecule has 0 radical (unpaired) electrons. The molecule has 2 unspecified atom stereocenters. The normalized spacial score (nSPS) is 23.4. The molecule has 2 atom stereocenters. The molecule has 27 heavy (non-hydrogen) atoms. The summed E-state index contributed by atoms with van der Waals surface area (Å²) in [6.45, 7) is 6.01. The Labute approximate surface area is 170 Å². The predicted octanol–water partition coefficient (Wildman–Crippen LogP) is 3.73. The monoisotopic (exact) mass is 393 g/mol. The Bertz CT molecular complexity index is 574. The minimum Gasteiger partial charge on any atom is -0.353 e. The summed E-state index contributed by atoms with van der Waals surface area (Å²) >= 11 is 0. The Morgan fingerprint density at radius 2 is 1.96 bits per heavy atom. The van der Waals surface area contributed by atoms with E-state index in [-0.39, 0.29) is 29.8 Å². The molecule has 0 spiro atoms. The van der Waals surface area contributed by atoms with Crippen LogP contribution in [0.25, 0.3) is 0 Å². The van der Waals surface area contributed by atoms with E-state index < -0.39 is 0 Å². The van der Waals surface area contributed by atoms with Crippen LogP contribution in [0, 0.1) is 11.3 Å². The molecule has 152 valence electrons. The van der Waals surface area contributed by atoms with Gasteiger partial charge >= 0.3 is 0 Å². The van der Waals surface area contributed by atoms with Gasteiger partial charge in [-0.15, -0.1) is 12.4 Å². The van der Waals surface area contributed by atoms with Crippen molar-refractivity contribution in [2.45, 2.75) is 64.5 Å². The molecule has 1 aromatic carbocycles. The number of benzene rings is 1. The number of nitrogens with two attached hydrogens (primary N) is 1. The first-order valence-corrected chi connectivity index (χ1v) is 10.4. The van der Waals surface area contributed by atoms with E-state index in [2.05, 4.69) is 47.5 Å². The molecule has 1 saturated heterocycles. The molecule has 1 aliphatic heterocycles. The zero-order chi connectivity index (χ0) is 18.4. The van der Waals surface area contributed by atoms with Crippen molar-refractivity contribution in [3.05, 3.63) is 35.9 Å². The number of hydrogen-bond donors (Lipinski definition) is 2. The average molecular weight is 394 g/mol. The molecular formula is C22H36ClN3O. The van der Waals surface area contributed by atoms with Crippen molar-refractivity contribution in [1.82, 2.24) is 10.2 Å². The summed E-state index contributed by atoms with van der Waals surface area (Å²) in [6.07, 6.45) is 7.72. The van der Waals surface area contributed by atoms with Crippen LogP contribution in [0.5, 0.6) is 0 Å². The van der Waals surface area contributed by atoms with Gasteiger partial charge in [-0.3, -0.25) is 9.69 Å². The van der Waals surface area contributed by atoms with E-state index in [9.17, 15) is 4.79 Å². The number of nitrogens with one attached hydrogen (secondary N) is 1. The van der Waals surface area contributed by atoms with Crippen molar-refractivity contribution in [3.8, 4) is 0 Å². The van der Waals surface area contributed by atoms with Crippen LogP contribution >= 0.6 is 12.4 Å². The van der Waals surface area contributed by atoms with Crippen molar-refractivity contribution in [3.63, 3.8) is 0 Å². The lowest BCUT2D eigenvalue weighted by Gasteiger charge is -2.36. The lowest BCUT2D eigenvalue weighted by atomic mass is 9.71. The molecule has 5 heteroatoms. The van der Waals surface area contributed by atoms with E-state index in [1.807, 2.05) is 0 Å². The second-order valence-corrected chi connectivity index (χ2v) is 8.57. The van der Waals surface area contributed by atoms with Crippen LogP contribution in [0.4, 0.5) is 0 Å². The van der Waals surface area contributed by atoms with Crippen molar-refractivity contribution in [1.29, 1.82) is 0 Å². The highest BCUT2D eigenvalue weighted by Crippen LogP contribution is 2.38. The van der Waals surface area contributed by atoms with E-state index in [4.69, 9.17) is 5.73 Å². The van der Waals surface area contributed by atoms with Crippen LogP contribution in [0.2, 0.25) is 0 Å². The Hall–Kier alpha value is -1.10. The molecule has 4 nitrogen and oxygen atoms in total. The summed E-state index contributed by atoms with van der Waals surface area (Å²) in [4.78, 5) is 15.1. The van der Waals surface area contributed by atoms with Gasteiger partial charge in [0.25, 0.3) is 0 Å². The van der Waals surface area contributed by atoms with Gasteiger partial charge in [-0.1, -0.05) is 49.6 Å². The number of rotatable bonds is 7. The van der Waals surface area contributed by atoms with Gasteiger partial charge in [0.2, 0.25) is 5.91 Å². The first kappa shape index (κ1) is 22.2. The van der Waals surface area contributed by atoms with Gasteiger partial charge in [-0.05, 0) is 56.2 Å². The minimum absolute atomic E-state index is 0. The van der Waals surface area contributed by atoms with E-state index in [1.165, 1.54) is 24.8 Å². The fourth-order valence-electron chi connectivity index (χ4n) is 4.77. The third-order valence-corrected chi connectivity index (χ3v) is 6.54. The molecule has 1 heterocycles. The highest BCUT2D eigenvalue weighted by molar-refractivity contribution is 5.85. The SMILES string of the molecule is CC(NC(=O)CC1(CN)CCCCC1)C1CCN(Cc2ccccc2)C1.Cl. The fraction of sp³-hybridized carbons (Fsp3) is 0.682. The van der Waals surface area contributed by atoms with E-state index in [0.717, 1.165) is 38.9 Å². The van der Waals surface area contributed by atoms with E-state index in [0.29, 0.717) is 18.9 Å². The maximum Gasteiger partial charge on any atom is 0.220 e. The van der Waals surface area contributed by atoms with Crippen molar-refractivity contribution in [2.75, 3.05) is 19.6 Å². The summed E-state index contributed by atoms with van der Waals surface area (Å²) < 4.78 is 0. The number of carbonyl (C=O) groups excluding carboxylic acids is 1. The molecule has 2 fully saturated rings. The van der Waals surface area contributed by atoms with Gasteiger partial charge in [0, 0.05) is 25.6 Å². The van der Waals surface area contributed by atoms with Crippen LogP contribution in [0.15, 0.2) is 30.3 Å². The third-order valence-electron chi connectivity index (χ3n) is 6.54. The Kier molecular flexibility index (Phi) is 8.59. The van der Waals surface area contributed by atoms with Crippen LogP contribution in [-0.2, 0) is 11.3 Å². The summed E-state index contributed by atoms with van der Waals surface area (Å²) in [6, 6.07) is 10.9. The fourth-order valence-corrected chi connectivity index (χ4v) is 4.77. The second-order valence-electron chi connectivity index (χ2n) is 8.57. The standard InChI is InChI=1S/C22H35N3O.ClH/c1-18(24-21(26)14-22(17-23)11-6-3-7-12-22)20-10-13-25(16-20)15-19-8-4-2-5-9-19;/h2,4-5,8-9,18,20H,3,6-7,10-17,23H2,1H3,(H,24,26);1H. The Morgan fingerprint density at radius 3 is 2.63 bits per heavy atom. The summed E-state index contributed by atoms with van der Waals surface area (Å²) in [5.41, 5.74) is 7.46. The Balaban J connectivity index is 0.00000261. The number of halogens is 1. The molecule has 1 aromatic rings. The molecule has 0 bridgehead atoms. The third kappa shape index (κ3) is 6.20. The van der Waals surface area contributed by atoms with Crippen molar-refractivity contribution >= 4 is 18.3 Å². The summed E-state index contributed by atoms with van der Waals surface area (Å²) in [7, 11) is 0. The maximum absolute atomic E-state index is 12.6.